The number of rotatable bonds is 4. The van der Waals surface area contributed by atoms with Crippen LogP contribution in [0.5, 0.6) is 0 Å². The number of nitrogens with zero attached hydrogens (tertiary/aromatic N) is 2. The van der Waals surface area contributed by atoms with E-state index in [0.29, 0.717) is 24.5 Å². The van der Waals surface area contributed by atoms with Crippen molar-refractivity contribution in [1.82, 2.24) is 0 Å². The zero-order chi connectivity index (χ0) is 18.7. The summed E-state index contributed by atoms with van der Waals surface area (Å²) in [5.74, 6) is 0. The number of nitro groups is 1. The van der Waals surface area contributed by atoms with Crippen LogP contribution in [-0.4, -0.2) is 24.1 Å². The van der Waals surface area contributed by atoms with E-state index in [-0.39, 0.29) is 11.7 Å². The molecule has 3 rings (SSSR count). The van der Waals surface area contributed by atoms with Gasteiger partial charge >= 0.3 is 6.18 Å². The predicted molar refractivity (Wildman–Crippen MR) is 92.2 cm³/mol. The van der Waals surface area contributed by atoms with Gasteiger partial charge in [-0.1, -0.05) is 12.1 Å². The Hall–Kier alpha value is -2.77. The van der Waals surface area contributed by atoms with E-state index in [9.17, 15) is 23.3 Å². The molecule has 0 unspecified atom stereocenters. The van der Waals surface area contributed by atoms with E-state index >= 15 is 0 Å². The minimum atomic E-state index is -4.36. The third-order valence-corrected chi connectivity index (χ3v) is 4.42. The molecule has 0 saturated carbocycles. The zero-order valence-corrected chi connectivity index (χ0v) is 13.8. The van der Waals surface area contributed by atoms with Crippen molar-refractivity contribution in [2.24, 2.45) is 0 Å². The third kappa shape index (κ3) is 4.07. The lowest BCUT2D eigenvalue weighted by atomic mass is 10.0. The second-order valence-corrected chi connectivity index (χ2v) is 6.14. The molecule has 0 bridgehead atoms. The van der Waals surface area contributed by atoms with Crippen LogP contribution in [0, 0.1) is 16.2 Å². The van der Waals surface area contributed by atoms with Crippen molar-refractivity contribution in [2.45, 2.75) is 25.1 Å². The molecule has 26 heavy (non-hydrogen) atoms. The van der Waals surface area contributed by atoms with Gasteiger partial charge in [-0.05, 0) is 37.1 Å². The topological polar surface area (TPSA) is 58.4 Å². The lowest BCUT2D eigenvalue weighted by Crippen LogP contribution is -2.39. The van der Waals surface area contributed by atoms with Crippen LogP contribution in [0.3, 0.4) is 0 Å². The number of alkyl halides is 3. The average molecular weight is 364 g/mol. The first-order valence-electron chi connectivity index (χ1n) is 8.18. The molecule has 1 radical (unpaired) electrons. The molecule has 0 amide bonds. The van der Waals surface area contributed by atoms with Crippen LogP contribution in [-0.2, 0) is 6.18 Å². The number of hydrogen-bond acceptors (Lipinski definition) is 4. The maximum absolute atomic E-state index is 12.6. The second-order valence-electron chi connectivity index (χ2n) is 6.14. The fraction of sp³-hybridized carbons (Fsp3) is 0.333. The second kappa shape index (κ2) is 7.23. The summed E-state index contributed by atoms with van der Waals surface area (Å²) in [7, 11) is 0. The molecule has 0 aliphatic carbocycles. The van der Waals surface area contributed by atoms with Crippen LogP contribution in [0.2, 0.25) is 0 Å². The fourth-order valence-corrected chi connectivity index (χ4v) is 3.03. The minimum absolute atomic E-state index is 0.0333. The summed E-state index contributed by atoms with van der Waals surface area (Å²) in [5, 5.41) is 14.3. The Morgan fingerprint density at radius 2 is 1.85 bits per heavy atom. The van der Waals surface area contributed by atoms with Gasteiger partial charge in [0.2, 0.25) is 0 Å². The fourth-order valence-electron chi connectivity index (χ4n) is 3.03. The molecule has 8 heteroatoms. The summed E-state index contributed by atoms with van der Waals surface area (Å²) in [5.41, 5.74) is 0.430. The molecule has 1 N–H and O–H groups in total. The maximum atomic E-state index is 12.6. The van der Waals surface area contributed by atoms with Crippen LogP contribution in [0.15, 0.2) is 42.5 Å². The third-order valence-electron chi connectivity index (χ3n) is 4.42. The molecule has 1 aliphatic heterocycles. The molecule has 5 nitrogen and oxygen atoms in total. The predicted octanol–water partition coefficient (Wildman–Crippen LogP) is 4.49. The average Bonchev–Trinajstić information content (AvgIpc) is 2.62. The minimum Gasteiger partial charge on any atom is -0.377 e. The number of benzene rings is 2. The van der Waals surface area contributed by atoms with Gasteiger partial charge in [-0.25, -0.2) is 0 Å². The van der Waals surface area contributed by atoms with Gasteiger partial charge in [-0.2, -0.15) is 13.2 Å². The molecule has 2 aromatic rings. The molecule has 2 aromatic carbocycles. The van der Waals surface area contributed by atoms with E-state index in [1.54, 1.807) is 18.2 Å². The van der Waals surface area contributed by atoms with E-state index in [1.807, 2.05) is 4.90 Å². The Morgan fingerprint density at radius 1 is 1.15 bits per heavy atom. The molecular weight excluding hydrogens is 347 g/mol. The zero-order valence-electron chi connectivity index (χ0n) is 13.8. The summed E-state index contributed by atoms with van der Waals surface area (Å²) < 4.78 is 37.9. The number of nitro benzene ring substituents is 1. The van der Waals surface area contributed by atoms with Crippen LogP contribution in [0.1, 0.15) is 18.4 Å². The summed E-state index contributed by atoms with van der Waals surface area (Å²) in [6.45, 7) is 1.28. The van der Waals surface area contributed by atoms with Crippen LogP contribution in [0.25, 0.3) is 0 Å². The molecule has 0 aromatic heterocycles. The Morgan fingerprint density at radius 3 is 2.42 bits per heavy atom. The van der Waals surface area contributed by atoms with Crippen molar-refractivity contribution >= 4 is 17.1 Å². The summed E-state index contributed by atoms with van der Waals surface area (Å²) >= 11 is 0. The molecule has 1 aliphatic rings. The van der Waals surface area contributed by atoms with Gasteiger partial charge < -0.3 is 10.2 Å². The molecular formula is C18H17F3N3O2. The number of halogens is 3. The van der Waals surface area contributed by atoms with Crippen LogP contribution >= 0.6 is 0 Å². The molecule has 0 atom stereocenters. The quantitative estimate of drug-likeness (QED) is 0.641. The Labute approximate surface area is 148 Å². The molecule has 0 spiro atoms. The first-order chi connectivity index (χ1) is 12.3. The Bertz CT molecular complexity index is 770. The SMILES string of the molecule is O=[N+]([O-])c1ccccc1NC1CCN(c2[c]cc(C(F)(F)F)cc2)CC1. The van der Waals surface area contributed by atoms with E-state index in [4.69, 9.17) is 0 Å². The van der Waals surface area contributed by atoms with Crippen LogP contribution in [0.4, 0.5) is 30.2 Å². The highest BCUT2D eigenvalue weighted by Gasteiger charge is 2.30. The van der Waals surface area contributed by atoms with E-state index < -0.39 is 16.7 Å². The van der Waals surface area contributed by atoms with Crippen molar-refractivity contribution < 1.29 is 18.1 Å². The number of piperidine rings is 1. The smallest absolute Gasteiger partial charge is 0.377 e. The highest BCUT2D eigenvalue weighted by molar-refractivity contribution is 5.61. The monoisotopic (exact) mass is 364 g/mol. The van der Waals surface area contributed by atoms with Gasteiger partial charge in [0.15, 0.2) is 0 Å². The lowest BCUT2D eigenvalue weighted by Gasteiger charge is -2.34. The standard InChI is InChI=1S/C18H17F3N3O2/c19-18(20,21)13-5-7-15(8-6-13)23-11-9-14(10-12-23)22-16-3-1-2-4-17(16)24(25)26/h1-7,14,22H,9-12H2. The summed E-state index contributed by atoms with van der Waals surface area (Å²) in [4.78, 5) is 12.6. The number of anilines is 2. The van der Waals surface area contributed by atoms with Gasteiger partial charge in [0.1, 0.15) is 5.69 Å². The van der Waals surface area contributed by atoms with Crippen molar-refractivity contribution in [3.05, 3.63) is 64.2 Å². The van der Waals surface area contributed by atoms with Gasteiger partial charge in [0.05, 0.1) is 10.5 Å². The van der Waals surface area contributed by atoms with E-state index in [0.717, 1.165) is 25.0 Å². The van der Waals surface area contributed by atoms with Crippen LogP contribution < -0.4 is 10.2 Å². The first kappa shape index (κ1) is 18.0. The van der Waals surface area contributed by atoms with Gasteiger partial charge in [-0.3, -0.25) is 10.1 Å². The largest absolute Gasteiger partial charge is 0.416 e. The van der Waals surface area contributed by atoms with Gasteiger partial charge in [-0.15, -0.1) is 0 Å². The normalized spacial score (nSPS) is 15.7. The lowest BCUT2D eigenvalue weighted by molar-refractivity contribution is -0.384. The summed E-state index contributed by atoms with van der Waals surface area (Å²) in [6, 6.07) is 12.7. The number of para-hydroxylation sites is 2. The van der Waals surface area contributed by atoms with Crippen molar-refractivity contribution in [2.75, 3.05) is 23.3 Å². The van der Waals surface area contributed by atoms with Gasteiger partial charge in [0, 0.05) is 37.0 Å². The first-order valence-corrected chi connectivity index (χ1v) is 8.18. The van der Waals surface area contributed by atoms with E-state index in [1.165, 1.54) is 12.1 Å². The van der Waals surface area contributed by atoms with Crippen molar-refractivity contribution in [3.63, 3.8) is 0 Å². The maximum Gasteiger partial charge on any atom is 0.416 e. The van der Waals surface area contributed by atoms with Crippen molar-refractivity contribution in [3.8, 4) is 0 Å². The molecule has 1 saturated heterocycles. The molecule has 1 heterocycles. The van der Waals surface area contributed by atoms with Gasteiger partial charge in [0.25, 0.3) is 5.69 Å². The van der Waals surface area contributed by atoms with E-state index in [2.05, 4.69) is 11.4 Å². The van der Waals surface area contributed by atoms with Crippen molar-refractivity contribution in [1.29, 1.82) is 0 Å². The number of nitrogens with one attached hydrogen (secondary N) is 1. The highest BCUT2D eigenvalue weighted by Crippen LogP contribution is 2.31. The molecule has 1 fully saturated rings. The highest BCUT2D eigenvalue weighted by atomic mass is 19.4. The Balaban J connectivity index is 1.60. The number of hydrogen-bond donors (Lipinski definition) is 1. The summed E-state index contributed by atoms with van der Waals surface area (Å²) in [6.07, 6.45) is -2.92. The molecule has 137 valence electrons. The Kier molecular flexibility index (Phi) is 5.01.